The van der Waals surface area contributed by atoms with E-state index in [1.165, 1.54) is 16.7 Å². The molecule has 1 fully saturated rings. The molecule has 3 heteroatoms. The van der Waals surface area contributed by atoms with Crippen molar-refractivity contribution in [3.05, 3.63) is 34.9 Å². The molecule has 3 nitrogen and oxygen atoms in total. The first-order valence-corrected chi connectivity index (χ1v) is 5.98. The van der Waals surface area contributed by atoms with Crippen molar-refractivity contribution in [2.75, 3.05) is 19.8 Å². The molecular weight excluding hydrogens is 212 g/mol. The highest BCUT2D eigenvalue weighted by atomic mass is 16.5. The third-order valence-electron chi connectivity index (χ3n) is 3.35. The highest BCUT2D eigenvalue weighted by molar-refractivity contribution is 5.30. The fourth-order valence-corrected chi connectivity index (χ4v) is 2.08. The number of aryl methyl sites for hydroxylation is 2. The van der Waals surface area contributed by atoms with Crippen molar-refractivity contribution in [2.24, 2.45) is 0 Å². The van der Waals surface area contributed by atoms with Crippen LogP contribution in [0.15, 0.2) is 18.2 Å². The lowest BCUT2D eigenvalue weighted by atomic mass is 10.1. The van der Waals surface area contributed by atoms with Gasteiger partial charge in [-0.15, -0.1) is 0 Å². The van der Waals surface area contributed by atoms with E-state index in [-0.39, 0.29) is 6.04 Å². The van der Waals surface area contributed by atoms with E-state index in [0.717, 1.165) is 19.7 Å². The van der Waals surface area contributed by atoms with Gasteiger partial charge >= 0.3 is 0 Å². The second kappa shape index (κ2) is 5.31. The third-order valence-corrected chi connectivity index (χ3v) is 3.35. The van der Waals surface area contributed by atoms with Crippen molar-refractivity contribution < 1.29 is 4.74 Å². The van der Waals surface area contributed by atoms with Gasteiger partial charge in [0.1, 0.15) is 6.04 Å². The van der Waals surface area contributed by atoms with Crippen LogP contribution in [-0.2, 0) is 11.3 Å². The van der Waals surface area contributed by atoms with Crippen LogP contribution < -0.4 is 0 Å². The van der Waals surface area contributed by atoms with Crippen LogP contribution in [0.25, 0.3) is 0 Å². The molecule has 0 aromatic heterocycles. The summed E-state index contributed by atoms with van der Waals surface area (Å²) in [5.41, 5.74) is 3.90. The van der Waals surface area contributed by atoms with Crippen LogP contribution >= 0.6 is 0 Å². The first-order chi connectivity index (χ1) is 8.20. The topological polar surface area (TPSA) is 36.3 Å². The summed E-state index contributed by atoms with van der Waals surface area (Å²) in [6.45, 7) is 7.17. The Bertz CT molecular complexity index is 436. The maximum absolute atomic E-state index is 9.07. The van der Waals surface area contributed by atoms with Crippen molar-refractivity contribution in [2.45, 2.75) is 26.4 Å². The zero-order valence-corrected chi connectivity index (χ0v) is 10.4. The van der Waals surface area contributed by atoms with E-state index < -0.39 is 0 Å². The monoisotopic (exact) mass is 230 g/mol. The maximum Gasteiger partial charge on any atom is 0.122 e. The molecule has 1 aliphatic rings. The molecule has 17 heavy (non-hydrogen) atoms. The summed E-state index contributed by atoms with van der Waals surface area (Å²) >= 11 is 0. The normalized spacial score (nSPS) is 21.1. The number of rotatable bonds is 2. The highest BCUT2D eigenvalue weighted by Gasteiger charge is 2.22. The molecule has 1 atom stereocenters. The van der Waals surface area contributed by atoms with Crippen LogP contribution in [-0.4, -0.2) is 30.7 Å². The average Bonchev–Trinajstić information content (AvgIpc) is 2.34. The van der Waals surface area contributed by atoms with Gasteiger partial charge in [-0.25, -0.2) is 0 Å². The van der Waals surface area contributed by atoms with E-state index in [1.807, 2.05) is 0 Å². The summed E-state index contributed by atoms with van der Waals surface area (Å²) in [6.07, 6.45) is 0. The standard InChI is InChI=1S/C14H18N2O/c1-11-3-4-13(7-12(11)2)9-16-5-6-17-10-14(16)8-15/h3-4,7,14H,5-6,9-10H2,1-2H3. The van der Waals surface area contributed by atoms with Gasteiger partial charge in [-0.2, -0.15) is 5.26 Å². The minimum atomic E-state index is -0.106. The average molecular weight is 230 g/mol. The molecule has 0 saturated carbocycles. The van der Waals surface area contributed by atoms with Crippen molar-refractivity contribution in [3.8, 4) is 6.07 Å². The highest BCUT2D eigenvalue weighted by Crippen LogP contribution is 2.15. The predicted octanol–water partition coefficient (Wildman–Crippen LogP) is 2.03. The smallest absolute Gasteiger partial charge is 0.122 e. The van der Waals surface area contributed by atoms with Crippen LogP contribution in [0.4, 0.5) is 0 Å². The Morgan fingerprint density at radius 3 is 2.94 bits per heavy atom. The maximum atomic E-state index is 9.07. The number of ether oxygens (including phenoxy) is 1. The Labute approximate surface area is 103 Å². The van der Waals surface area contributed by atoms with Crippen molar-refractivity contribution in [1.29, 1.82) is 5.26 Å². The van der Waals surface area contributed by atoms with Gasteiger partial charge in [0.15, 0.2) is 0 Å². The molecule has 1 aliphatic heterocycles. The van der Waals surface area contributed by atoms with Crippen LogP contribution in [0, 0.1) is 25.2 Å². The van der Waals surface area contributed by atoms with Crippen molar-refractivity contribution >= 4 is 0 Å². The number of morpholine rings is 1. The summed E-state index contributed by atoms with van der Waals surface area (Å²) in [5, 5.41) is 9.07. The van der Waals surface area contributed by atoms with Gasteiger partial charge in [0.25, 0.3) is 0 Å². The zero-order chi connectivity index (χ0) is 12.3. The predicted molar refractivity (Wildman–Crippen MR) is 66.5 cm³/mol. The number of hydrogen-bond acceptors (Lipinski definition) is 3. The molecular formula is C14H18N2O. The summed E-state index contributed by atoms with van der Waals surface area (Å²) < 4.78 is 5.32. The molecule has 90 valence electrons. The molecule has 2 rings (SSSR count). The molecule has 1 unspecified atom stereocenters. The largest absolute Gasteiger partial charge is 0.377 e. The summed E-state index contributed by atoms with van der Waals surface area (Å²) in [6, 6.07) is 8.69. The number of hydrogen-bond donors (Lipinski definition) is 0. The fraction of sp³-hybridized carbons (Fsp3) is 0.500. The molecule has 0 bridgehead atoms. The first-order valence-electron chi connectivity index (χ1n) is 5.98. The van der Waals surface area contributed by atoms with E-state index >= 15 is 0 Å². The fourth-order valence-electron chi connectivity index (χ4n) is 2.08. The molecule has 0 spiro atoms. The van der Waals surface area contributed by atoms with Crippen LogP contribution in [0.5, 0.6) is 0 Å². The van der Waals surface area contributed by atoms with E-state index in [9.17, 15) is 0 Å². The molecule has 1 saturated heterocycles. The Kier molecular flexibility index (Phi) is 3.78. The van der Waals surface area contributed by atoms with Gasteiger partial charge in [0.2, 0.25) is 0 Å². The summed E-state index contributed by atoms with van der Waals surface area (Å²) in [7, 11) is 0. The Balaban J connectivity index is 2.09. The zero-order valence-electron chi connectivity index (χ0n) is 10.4. The molecule has 0 radical (unpaired) electrons. The van der Waals surface area contributed by atoms with Gasteiger partial charge in [-0.3, -0.25) is 4.90 Å². The Morgan fingerprint density at radius 1 is 1.41 bits per heavy atom. The Hall–Kier alpha value is -1.37. The van der Waals surface area contributed by atoms with Gasteiger partial charge < -0.3 is 4.74 Å². The van der Waals surface area contributed by atoms with Gasteiger partial charge in [0.05, 0.1) is 19.3 Å². The Morgan fingerprint density at radius 2 is 2.24 bits per heavy atom. The second-order valence-corrected chi connectivity index (χ2v) is 4.61. The minimum absolute atomic E-state index is 0.106. The molecule has 0 N–H and O–H groups in total. The molecule has 1 aromatic carbocycles. The summed E-state index contributed by atoms with van der Waals surface area (Å²) in [4.78, 5) is 2.19. The summed E-state index contributed by atoms with van der Waals surface area (Å²) in [5.74, 6) is 0. The molecule has 1 heterocycles. The lowest BCUT2D eigenvalue weighted by Crippen LogP contribution is -2.43. The first kappa shape index (κ1) is 12.1. The number of nitrogens with zero attached hydrogens (tertiary/aromatic N) is 2. The molecule has 1 aromatic rings. The molecule has 0 amide bonds. The van der Waals surface area contributed by atoms with Crippen molar-refractivity contribution in [1.82, 2.24) is 4.90 Å². The van der Waals surface area contributed by atoms with E-state index in [0.29, 0.717) is 6.61 Å². The third kappa shape index (κ3) is 2.85. The van der Waals surface area contributed by atoms with Crippen LogP contribution in [0.1, 0.15) is 16.7 Å². The van der Waals surface area contributed by atoms with E-state index in [1.54, 1.807) is 0 Å². The van der Waals surface area contributed by atoms with Crippen LogP contribution in [0.3, 0.4) is 0 Å². The SMILES string of the molecule is Cc1ccc(CN2CCOCC2C#N)cc1C. The minimum Gasteiger partial charge on any atom is -0.377 e. The lowest BCUT2D eigenvalue weighted by molar-refractivity contribution is 0.00889. The van der Waals surface area contributed by atoms with Crippen LogP contribution in [0.2, 0.25) is 0 Å². The number of nitriles is 1. The van der Waals surface area contributed by atoms with Gasteiger partial charge in [-0.05, 0) is 30.5 Å². The van der Waals surface area contributed by atoms with Gasteiger partial charge in [-0.1, -0.05) is 18.2 Å². The van der Waals surface area contributed by atoms with E-state index in [2.05, 4.69) is 43.0 Å². The van der Waals surface area contributed by atoms with E-state index in [4.69, 9.17) is 10.00 Å². The second-order valence-electron chi connectivity index (χ2n) is 4.61. The van der Waals surface area contributed by atoms with Gasteiger partial charge in [0, 0.05) is 13.1 Å². The van der Waals surface area contributed by atoms with Crippen molar-refractivity contribution in [3.63, 3.8) is 0 Å². The lowest BCUT2D eigenvalue weighted by Gasteiger charge is -2.31. The quantitative estimate of drug-likeness (QED) is 0.780. The molecule has 0 aliphatic carbocycles. The number of benzene rings is 1.